The van der Waals surface area contributed by atoms with E-state index >= 15 is 0 Å². The summed E-state index contributed by atoms with van der Waals surface area (Å²) in [5, 5.41) is 10.7. The molecule has 0 saturated heterocycles. The van der Waals surface area contributed by atoms with Crippen LogP contribution >= 0.6 is 0 Å². The van der Waals surface area contributed by atoms with Crippen LogP contribution in [-0.2, 0) is 6.42 Å². The van der Waals surface area contributed by atoms with E-state index in [1.54, 1.807) is 6.20 Å². The number of hydrogen-bond acceptors (Lipinski definition) is 2. The Hall–Kier alpha value is -2.04. The SMILES string of the molecule is O=C(O)NCCc1c[nH]c2cccnc12. The molecule has 2 aromatic heterocycles. The Bertz CT molecular complexity index is 478. The van der Waals surface area contributed by atoms with E-state index in [2.05, 4.69) is 15.3 Å². The first-order valence-electron chi connectivity index (χ1n) is 4.65. The highest BCUT2D eigenvalue weighted by Crippen LogP contribution is 2.14. The molecule has 0 spiro atoms. The molecule has 15 heavy (non-hydrogen) atoms. The molecule has 5 heteroatoms. The van der Waals surface area contributed by atoms with Crippen molar-refractivity contribution >= 4 is 17.1 Å². The fourth-order valence-electron chi connectivity index (χ4n) is 1.51. The number of H-pyrrole nitrogens is 1. The van der Waals surface area contributed by atoms with Crippen LogP contribution in [0.4, 0.5) is 4.79 Å². The molecule has 0 aliphatic carbocycles. The summed E-state index contributed by atoms with van der Waals surface area (Å²) >= 11 is 0. The standard InChI is InChI=1S/C10H11N3O2/c14-10(15)12-5-3-7-6-13-8-2-1-4-11-9(7)8/h1-2,4,6,12-13H,3,5H2,(H,14,15). The van der Waals surface area contributed by atoms with E-state index in [-0.39, 0.29) is 0 Å². The molecule has 78 valence electrons. The summed E-state index contributed by atoms with van der Waals surface area (Å²) in [5.74, 6) is 0. The third-order valence-corrected chi connectivity index (χ3v) is 2.18. The average molecular weight is 205 g/mol. The Morgan fingerprint density at radius 1 is 1.60 bits per heavy atom. The Kier molecular flexibility index (Phi) is 2.53. The average Bonchev–Trinajstić information content (AvgIpc) is 2.62. The first-order valence-corrected chi connectivity index (χ1v) is 4.65. The predicted molar refractivity (Wildman–Crippen MR) is 55.8 cm³/mol. The highest BCUT2D eigenvalue weighted by Gasteiger charge is 2.04. The summed E-state index contributed by atoms with van der Waals surface area (Å²) in [6.45, 7) is 0.402. The molecule has 0 unspecified atom stereocenters. The van der Waals surface area contributed by atoms with Gasteiger partial charge in [0.05, 0.1) is 11.0 Å². The van der Waals surface area contributed by atoms with Gasteiger partial charge in [0.15, 0.2) is 0 Å². The number of hydrogen-bond donors (Lipinski definition) is 3. The summed E-state index contributed by atoms with van der Waals surface area (Å²) in [6, 6.07) is 3.80. The number of aromatic amines is 1. The van der Waals surface area contributed by atoms with E-state index < -0.39 is 6.09 Å². The van der Waals surface area contributed by atoms with Crippen LogP contribution in [0.15, 0.2) is 24.5 Å². The first-order chi connectivity index (χ1) is 7.27. The van der Waals surface area contributed by atoms with Crippen molar-refractivity contribution in [3.63, 3.8) is 0 Å². The fraction of sp³-hybridized carbons (Fsp3) is 0.200. The molecule has 3 N–H and O–H groups in total. The molecule has 0 atom stereocenters. The van der Waals surface area contributed by atoms with Crippen LogP contribution in [0.3, 0.4) is 0 Å². The predicted octanol–water partition coefficient (Wildman–Crippen LogP) is 1.37. The fourth-order valence-corrected chi connectivity index (χ4v) is 1.51. The molecule has 0 aliphatic heterocycles. The summed E-state index contributed by atoms with van der Waals surface area (Å²) < 4.78 is 0. The van der Waals surface area contributed by atoms with Crippen LogP contribution in [-0.4, -0.2) is 27.7 Å². The van der Waals surface area contributed by atoms with Crippen molar-refractivity contribution in [2.45, 2.75) is 6.42 Å². The Morgan fingerprint density at radius 2 is 2.47 bits per heavy atom. The van der Waals surface area contributed by atoms with Gasteiger partial charge in [-0.25, -0.2) is 4.79 Å². The summed E-state index contributed by atoms with van der Waals surface area (Å²) in [5.41, 5.74) is 2.91. The number of carbonyl (C=O) groups is 1. The number of amides is 1. The lowest BCUT2D eigenvalue weighted by Crippen LogP contribution is -2.23. The number of nitrogens with one attached hydrogen (secondary N) is 2. The quantitative estimate of drug-likeness (QED) is 0.708. The second kappa shape index (κ2) is 4.00. The minimum Gasteiger partial charge on any atom is -0.465 e. The van der Waals surface area contributed by atoms with Gasteiger partial charge in [0.1, 0.15) is 0 Å². The number of nitrogens with zero attached hydrogens (tertiary/aromatic N) is 1. The van der Waals surface area contributed by atoms with Gasteiger partial charge < -0.3 is 15.4 Å². The Balaban J connectivity index is 2.11. The van der Waals surface area contributed by atoms with Crippen molar-refractivity contribution in [3.05, 3.63) is 30.1 Å². The van der Waals surface area contributed by atoms with Gasteiger partial charge >= 0.3 is 6.09 Å². The summed E-state index contributed by atoms with van der Waals surface area (Å²) in [7, 11) is 0. The second-order valence-corrected chi connectivity index (χ2v) is 3.20. The molecule has 0 aliphatic rings. The van der Waals surface area contributed by atoms with Crippen molar-refractivity contribution in [2.24, 2.45) is 0 Å². The molecule has 5 nitrogen and oxygen atoms in total. The first kappa shape index (κ1) is 9.51. The number of aromatic nitrogens is 2. The number of pyridine rings is 1. The minimum absolute atomic E-state index is 0.402. The van der Waals surface area contributed by atoms with E-state index in [1.807, 2.05) is 18.3 Å². The minimum atomic E-state index is -0.997. The highest BCUT2D eigenvalue weighted by molar-refractivity contribution is 5.78. The van der Waals surface area contributed by atoms with Gasteiger partial charge in [-0.05, 0) is 24.1 Å². The van der Waals surface area contributed by atoms with E-state index in [1.165, 1.54) is 0 Å². The number of rotatable bonds is 3. The monoisotopic (exact) mass is 205 g/mol. The zero-order valence-corrected chi connectivity index (χ0v) is 8.03. The zero-order valence-electron chi connectivity index (χ0n) is 8.03. The van der Waals surface area contributed by atoms with Gasteiger partial charge in [-0.15, -0.1) is 0 Å². The zero-order chi connectivity index (χ0) is 10.7. The lowest BCUT2D eigenvalue weighted by Gasteiger charge is -1.98. The molecule has 2 rings (SSSR count). The summed E-state index contributed by atoms with van der Waals surface area (Å²) in [4.78, 5) is 17.6. The Morgan fingerprint density at radius 3 is 3.27 bits per heavy atom. The lowest BCUT2D eigenvalue weighted by atomic mass is 10.2. The summed E-state index contributed by atoms with van der Waals surface area (Å²) in [6.07, 6.45) is 3.23. The smallest absolute Gasteiger partial charge is 0.404 e. The molecular formula is C10H11N3O2. The molecule has 0 radical (unpaired) electrons. The number of carboxylic acid groups (broad SMARTS) is 1. The van der Waals surface area contributed by atoms with E-state index in [0.717, 1.165) is 16.6 Å². The maximum atomic E-state index is 10.3. The van der Waals surface area contributed by atoms with Crippen molar-refractivity contribution in [2.75, 3.05) is 6.54 Å². The molecule has 2 aromatic rings. The van der Waals surface area contributed by atoms with Gasteiger partial charge in [0.25, 0.3) is 0 Å². The maximum Gasteiger partial charge on any atom is 0.404 e. The van der Waals surface area contributed by atoms with Crippen LogP contribution in [0, 0.1) is 0 Å². The van der Waals surface area contributed by atoms with Crippen LogP contribution < -0.4 is 5.32 Å². The van der Waals surface area contributed by atoms with Gasteiger partial charge in [0.2, 0.25) is 0 Å². The maximum absolute atomic E-state index is 10.3. The molecular weight excluding hydrogens is 194 g/mol. The van der Waals surface area contributed by atoms with Crippen LogP contribution in [0.5, 0.6) is 0 Å². The molecule has 0 bridgehead atoms. The molecule has 0 aromatic carbocycles. The van der Waals surface area contributed by atoms with Crippen LogP contribution in [0.25, 0.3) is 11.0 Å². The van der Waals surface area contributed by atoms with Crippen molar-refractivity contribution in [1.29, 1.82) is 0 Å². The molecule has 2 heterocycles. The van der Waals surface area contributed by atoms with Crippen LogP contribution in [0.1, 0.15) is 5.56 Å². The normalized spacial score (nSPS) is 10.4. The highest BCUT2D eigenvalue weighted by atomic mass is 16.4. The van der Waals surface area contributed by atoms with Crippen molar-refractivity contribution < 1.29 is 9.90 Å². The second-order valence-electron chi connectivity index (χ2n) is 3.20. The molecule has 0 fully saturated rings. The topological polar surface area (TPSA) is 78.0 Å². The largest absolute Gasteiger partial charge is 0.465 e. The van der Waals surface area contributed by atoms with Gasteiger partial charge in [0, 0.05) is 18.9 Å². The third kappa shape index (κ3) is 2.07. The third-order valence-electron chi connectivity index (χ3n) is 2.18. The molecule has 0 saturated carbocycles. The van der Waals surface area contributed by atoms with Crippen molar-refractivity contribution in [3.8, 4) is 0 Å². The van der Waals surface area contributed by atoms with Crippen molar-refractivity contribution in [1.82, 2.24) is 15.3 Å². The van der Waals surface area contributed by atoms with E-state index in [9.17, 15) is 4.79 Å². The van der Waals surface area contributed by atoms with Gasteiger partial charge in [-0.1, -0.05) is 0 Å². The van der Waals surface area contributed by atoms with E-state index in [4.69, 9.17) is 5.11 Å². The van der Waals surface area contributed by atoms with Gasteiger partial charge in [-0.2, -0.15) is 0 Å². The molecule has 1 amide bonds. The number of fused-ring (bicyclic) bond motifs is 1. The Labute approximate surface area is 86.1 Å². The van der Waals surface area contributed by atoms with E-state index in [0.29, 0.717) is 13.0 Å². The van der Waals surface area contributed by atoms with Crippen LogP contribution in [0.2, 0.25) is 0 Å². The lowest BCUT2D eigenvalue weighted by molar-refractivity contribution is 0.194. The van der Waals surface area contributed by atoms with Gasteiger partial charge in [-0.3, -0.25) is 4.98 Å².